The average molecular weight is 724 g/mol. The van der Waals surface area contributed by atoms with Gasteiger partial charge in [0.05, 0.1) is 18.8 Å². The van der Waals surface area contributed by atoms with Crippen LogP contribution in [0.2, 0.25) is 0 Å². The van der Waals surface area contributed by atoms with Gasteiger partial charge in [-0.15, -0.1) is 0 Å². The van der Waals surface area contributed by atoms with E-state index < -0.39 is 36.9 Å². The lowest BCUT2D eigenvalue weighted by atomic mass is 9.99. The van der Waals surface area contributed by atoms with Crippen molar-refractivity contribution in [3.63, 3.8) is 0 Å². The molecule has 0 heterocycles. The fourth-order valence-corrected chi connectivity index (χ4v) is 7.11. The highest BCUT2D eigenvalue weighted by Crippen LogP contribution is 2.16. The molecular formula is C45H89NO5. The Morgan fingerprint density at radius 3 is 1.14 bits per heavy atom. The van der Waals surface area contributed by atoms with Gasteiger partial charge >= 0.3 is 0 Å². The summed E-state index contributed by atoms with van der Waals surface area (Å²) in [7, 11) is 0. The number of rotatable bonds is 41. The molecule has 304 valence electrons. The van der Waals surface area contributed by atoms with E-state index >= 15 is 0 Å². The lowest BCUT2D eigenvalue weighted by Gasteiger charge is -2.27. The predicted molar refractivity (Wildman–Crippen MR) is 219 cm³/mol. The third-order valence-electron chi connectivity index (χ3n) is 10.7. The van der Waals surface area contributed by atoms with Gasteiger partial charge in [-0.25, -0.2) is 0 Å². The minimum Gasteiger partial charge on any atom is -0.394 e. The number of carbonyl (C=O) groups excluding carboxylic acids is 1. The first-order valence-corrected chi connectivity index (χ1v) is 22.6. The maximum Gasteiger partial charge on any atom is 0.249 e. The second-order valence-corrected chi connectivity index (χ2v) is 15.8. The highest BCUT2D eigenvalue weighted by molar-refractivity contribution is 5.80. The smallest absolute Gasteiger partial charge is 0.249 e. The number of allylic oxidation sites excluding steroid dienone is 2. The number of carbonyl (C=O) groups is 1. The Morgan fingerprint density at radius 2 is 0.784 bits per heavy atom. The first-order valence-electron chi connectivity index (χ1n) is 22.6. The minimum absolute atomic E-state index is 0.371. The topological polar surface area (TPSA) is 110 Å². The van der Waals surface area contributed by atoms with Crippen LogP contribution >= 0.6 is 0 Å². The van der Waals surface area contributed by atoms with E-state index in [9.17, 15) is 25.2 Å². The molecule has 4 atom stereocenters. The van der Waals surface area contributed by atoms with Crippen molar-refractivity contribution < 1.29 is 25.2 Å². The molecule has 0 aliphatic heterocycles. The molecule has 0 aromatic rings. The molecule has 0 radical (unpaired) electrons. The van der Waals surface area contributed by atoms with Gasteiger partial charge in [-0.05, 0) is 38.5 Å². The average Bonchev–Trinajstić information content (AvgIpc) is 3.13. The van der Waals surface area contributed by atoms with Gasteiger partial charge in [0.25, 0.3) is 0 Å². The number of hydrogen-bond acceptors (Lipinski definition) is 5. The van der Waals surface area contributed by atoms with E-state index in [0.29, 0.717) is 12.8 Å². The van der Waals surface area contributed by atoms with Gasteiger partial charge in [0, 0.05) is 0 Å². The first-order chi connectivity index (χ1) is 25.0. The second kappa shape index (κ2) is 40.2. The Hall–Kier alpha value is -0.950. The van der Waals surface area contributed by atoms with Crippen LogP contribution in [0, 0.1) is 0 Å². The molecule has 51 heavy (non-hydrogen) atoms. The van der Waals surface area contributed by atoms with E-state index in [1.54, 1.807) is 0 Å². The molecule has 4 unspecified atom stereocenters. The summed E-state index contributed by atoms with van der Waals surface area (Å²) in [5, 5.41) is 43.1. The van der Waals surface area contributed by atoms with Crippen LogP contribution < -0.4 is 5.32 Å². The fourth-order valence-electron chi connectivity index (χ4n) is 7.11. The van der Waals surface area contributed by atoms with Crippen molar-refractivity contribution in [2.75, 3.05) is 6.61 Å². The highest BCUT2D eigenvalue weighted by Gasteiger charge is 2.28. The Labute approximate surface area is 317 Å². The van der Waals surface area contributed by atoms with Crippen molar-refractivity contribution in [3.05, 3.63) is 12.2 Å². The Kier molecular flexibility index (Phi) is 39.5. The van der Waals surface area contributed by atoms with Crippen LogP contribution in [0.15, 0.2) is 12.2 Å². The molecule has 6 nitrogen and oxygen atoms in total. The van der Waals surface area contributed by atoms with Gasteiger partial charge in [0.15, 0.2) is 0 Å². The lowest BCUT2D eigenvalue weighted by Crippen LogP contribution is -2.53. The van der Waals surface area contributed by atoms with Crippen molar-refractivity contribution >= 4 is 5.91 Å². The van der Waals surface area contributed by atoms with Gasteiger partial charge in [-0.3, -0.25) is 4.79 Å². The molecule has 0 spiro atoms. The largest absolute Gasteiger partial charge is 0.394 e. The van der Waals surface area contributed by atoms with Crippen molar-refractivity contribution in [2.24, 2.45) is 0 Å². The van der Waals surface area contributed by atoms with Crippen LogP contribution in [0.25, 0.3) is 0 Å². The van der Waals surface area contributed by atoms with E-state index in [4.69, 9.17) is 0 Å². The zero-order valence-corrected chi connectivity index (χ0v) is 34.1. The molecule has 1 amide bonds. The Bertz CT molecular complexity index is 731. The van der Waals surface area contributed by atoms with Crippen LogP contribution in [0.4, 0.5) is 0 Å². The van der Waals surface area contributed by atoms with Crippen LogP contribution in [0.5, 0.6) is 0 Å². The quantitative estimate of drug-likeness (QED) is 0.0319. The zero-order valence-electron chi connectivity index (χ0n) is 34.1. The number of aliphatic hydroxyl groups excluding tert-OH is 4. The number of aliphatic hydroxyl groups is 4. The molecule has 0 aromatic carbocycles. The van der Waals surface area contributed by atoms with Crippen molar-refractivity contribution in [3.8, 4) is 0 Å². The van der Waals surface area contributed by atoms with Crippen molar-refractivity contribution in [2.45, 2.75) is 263 Å². The summed E-state index contributed by atoms with van der Waals surface area (Å²) in [5.74, 6) is -0.587. The third kappa shape index (κ3) is 34.6. The van der Waals surface area contributed by atoms with E-state index in [0.717, 1.165) is 51.4 Å². The molecule has 0 bridgehead atoms. The molecule has 0 aliphatic carbocycles. The fraction of sp³-hybridized carbons (Fsp3) is 0.933. The summed E-state index contributed by atoms with van der Waals surface area (Å²) in [4.78, 5) is 12.4. The van der Waals surface area contributed by atoms with Crippen molar-refractivity contribution in [1.29, 1.82) is 0 Å². The monoisotopic (exact) mass is 724 g/mol. The van der Waals surface area contributed by atoms with Gasteiger partial charge < -0.3 is 25.7 Å². The second-order valence-electron chi connectivity index (χ2n) is 15.8. The van der Waals surface area contributed by atoms with Gasteiger partial charge in [0.1, 0.15) is 12.2 Å². The normalized spacial score (nSPS) is 14.2. The van der Waals surface area contributed by atoms with Crippen molar-refractivity contribution in [1.82, 2.24) is 5.32 Å². The molecule has 5 N–H and O–H groups in total. The van der Waals surface area contributed by atoms with E-state index in [1.165, 1.54) is 161 Å². The number of nitrogens with one attached hydrogen (secondary N) is 1. The molecule has 6 heteroatoms. The zero-order chi connectivity index (χ0) is 37.5. The molecule has 0 aliphatic rings. The molecule has 0 saturated carbocycles. The third-order valence-corrected chi connectivity index (χ3v) is 10.7. The highest BCUT2D eigenvalue weighted by atomic mass is 16.3. The number of amides is 1. The predicted octanol–water partition coefficient (Wildman–Crippen LogP) is 11.8. The minimum atomic E-state index is -1.25. The molecular weight excluding hydrogens is 634 g/mol. The van der Waals surface area contributed by atoms with E-state index in [2.05, 4.69) is 31.3 Å². The number of unbranched alkanes of at least 4 members (excludes halogenated alkanes) is 30. The summed E-state index contributed by atoms with van der Waals surface area (Å²) < 4.78 is 0. The summed E-state index contributed by atoms with van der Waals surface area (Å²) in [6.07, 6.45) is 44.6. The summed E-state index contributed by atoms with van der Waals surface area (Å²) >= 11 is 0. The van der Waals surface area contributed by atoms with Crippen LogP contribution in [0.1, 0.15) is 239 Å². The molecule has 0 fully saturated rings. The van der Waals surface area contributed by atoms with Crippen LogP contribution in [-0.2, 0) is 4.79 Å². The van der Waals surface area contributed by atoms with Gasteiger partial charge in [0.2, 0.25) is 5.91 Å². The summed E-state index contributed by atoms with van der Waals surface area (Å²) in [6.45, 7) is 3.95. The van der Waals surface area contributed by atoms with Crippen LogP contribution in [-0.4, -0.2) is 57.3 Å². The Balaban J connectivity index is 3.49. The standard InChI is InChI=1S/C45H89NO5/c1-3-5-7-9-10-11-12-13-14-15-16-17-18-19-20-21-22-23-24-25-26-27-28-29-30-31-32-33-35-37-39-43(49)45(51)46-41(40-47)44(50)42(48)38-36-34-8-6-4-2/h19-20,41-44,47-50H,3-18,21-40H2,1-2H3,(H,46,51)/b20-19-. The molecule has 0 aromatic heterocycles. The maximum atomic E-state index is 12.4. The van der Waals surface area contributed by atoms with E-state index in [1.807, 2.05) is 0 Å². The van der Waals surface area contributed by atoms with Gasteiger partial charge in [-0.2, -0.15) is 0 Å². The SMILES string of the molecule is CCCCCCCCCCCCCC/C=C\CCCCCCCCCCCCCCCCC(O)C(=O)NC(CO)C(O)C(O)CCCCCCC. The first kappa shape index (κ1) is 50.1. The van der Waals surface area contributed by atoms with E-state index in [-0.39, 0.29) is 0 Å². The molecule has 0 rings (SSSR count). The number of hydrogen-bond donors (Lipinski definition) is 5. The summed E-state index contributed by atoms with van der Waals surface area (Å²) in [5.41, 5.74) is 0. The Morgan fingerprint density at radius 1 is 0.471 bits per heavy atom. The van der Waals surface area contributed by atoms with Crippen LogP contribution in [0.3, 0.4) is 0 Å². The van der Waals surface area contributed by atoms with Gasteiger partial charge in [-0.1, -0.05) is 212 Å². The molecule has 0 saturated heterocycles. The lowest BCUT2D eigenvalue weighted by molar-refractivity contribution is -0.132. The summed E-state index contributed by atoms with van der Waals surface area (Å²) in [6, 6.07) is -0.978. The maximum absolute atomic E-state index is 12.4.